The van der Waals surface area contributed by atoms with Gasteiger partial charge in [0.05, 0.1) is 5.92 Å². The van der Waals surface area contributed by atoms with E-state index in [2.05, 4.69) is 29.3 Å². The molecule has 0 aromatic heterocycles. The molecule has 0 bridgehead atoms. The second kappa shape index (κ2) is 8.16. The van der Waals surface area contributed by atoms with Gasteiger partial charge in [-0.05, 0) is 56.2 Å². The average molecular weight is 337 g/mol. The van der Waals surface area contributed by atoms with E-state index in [0.29, 0.717) is 11.3 Å². The standard InChI is InChI=1S/C19H28N2O.ClH/c1-2-17(16-6-4-3-5-7-16)18(22)21-14-10-19(11-15-21)8-12-20-13-9-19;/h3-7,17,20H,2,8-15H2,1H3;1H. The lowest BCUT2D eigenvalue weighted by Gasteiger charge is -2.45. The highest BCUT2D eigenvalue weighted by Crippen LogP contribution is 2.40. The summed E-state index contributed by atoms with van der Waals surface area (Å²) in [5.74, 6) is 0.362. The molecule has 1 aromatic carbocycles. The highest BCUT2D eigenvalue weighted by atomic mass is 35.5. The molecule has 2 saturated heterocycles. The van der Waals surface area contributed by atoms with Crippen LogP contribution in [0.5, 0.6) is 0 Å². The molecule has 3 rings (SSSR count). The van der Waals surface area contributed by atoms with Crippen LogP contribution in [0, 0.1) is 5.41 Å². The van der Waals surface area contributed by atoms with Gasteiger partial charge in [0.15, 0.2) is 0 Å². The molecule has 2 heterocycles. The van der Waals surface area contributed by atoms with E-state index in [1.165, 1.54) is 25.7 Å². The number of nitrogens with zero attached hydrogens (tertiary/aromatic N) is 1. The van der Waals surface area contributed by atoms with Crippen LogP contribution in [0.3, 0.4) is 0 Å². The van der Waals surface area contributed by atoms with E-state index >= 15 is 0 Å². The maximum atomic E-state index is 12.9. The van der Waals surface area contributed by atoms with Crippen molar-refractivity contribution in [2.45, 2.75) is 44.9 Å². The Hall–Kier alpha value is -1.06. The molecule has 128 valence electrons. The first-order chi connectivity index (χ1) is 10.7. The van der Waals surface area contributed by atoms with Crippen molar-refractivity contribution in [1.29, 1.82) is 0 Å². The number of nitrogens with one attached hydrogen (secondary N) is 1. The third-order valence-corrected chi connectivity index (χ3v) is 5.71. The van der Waals surface area contributed by atoms with Gasteiger partial charge >= 0.3 is 0 Å². The molecular weight excluding hydrogens is 308 g/mol. The Balaban J connectivity index is 0.00000192. The maximum Gasteiger partial charge on any atom is 0.230 e. The van der Waals surface area contributed by atoms with Crippen molar-refractivity contribution in [1.82, 2.24) is 10.2 Å². The van der Waals surface area contributed by atoms with Crippen LogP contribution in [0.25, 0.3) is 0 Å². The van der Waals surface area contributed by atoms with Crippen LogP contribution >= 0.6 is 12.4 Å². The summed E-state index contributed by atoms with van der Waals surface area (Å²) in [6, 6.07) is 10.3. The average Bonchev–Trinajstić information content (AvgIpc) is 2.58. The van der Waals surface area contributed by atoms with E-state index in [0.717, 1.165) is 38.2 Å². The van der Waals surface area contributed by atoms with Gasteiger partial charge in [-0.1, -0.05) is 37.3 Å². The van der Waals surface area contributed by atoms with Crippen LogP contribution in [-0.4, -0.2) is 37.0 Å². The van der Waals surface area contributed by atoms with E-state index in [4.69, 9.17) is 0 Å². The van der Waals surface area contributed by atoms with Gasteiger partial charge in [-0.15, -0.1) is 12.4 Å². The number of piperidine rings is 2. The van der Waals surface area contributed by atoms with Crippen molar-refractivity contribution in [2.24, 2.45) is 5.41 Å². The molecule has 1 spiro atoms. The first kappa shape index (κ1) is 18.3. The number of likely N-dealkylation sites (tertiary alicyclic amines) is 1. The number of rotatable bonds is 3. The summed E-state index contributed by atoms with van der Waals surface area (Å²) in [6.45, 7) is 6.31. The summed E-state index contributed by atoms with van der Waals surface area (Å²) in [7, 11) is 0. The summed E-state index contributed by atoms with van der Waals surface area (Å²) in [4.78, 5) is 15.0. The highest BCUT2D eigenvalue weighted by molar-refractivity contribution is 5.85. The van der Waals surface area contributed by atoms with E-state index in [-0.39, 0.29) is 18.3 Å². The van der Waals surface area contributed by atoms with Crippen LogP contribution in [0.15, 0.2) is 30.3 Å². The van der Waals surface area contributed by atoms with Crippen molar-refractivity contribution < 1.29 is 4.79 Å². The largest absolute Gasteiger partial charge is 0.342 e. The van der Waals surface area contributed by atoms with Gasteiger partial charge in [0.25, 0.3) is 0 Å². The Morgan fingerprint density at radius 2 is 1.74 bits per heavy atom. The fourth-order valence-corrected chi connectivity index (χ4v) is 4.12. The summed E-state index contributed by atoms with van der Waals surface area (Å²) in [5, 5.41) is 3.46. The van der Waals surface area contributed by atoms with Gasteiger partial charge in [0, 0.05) is 13.1 Å². The zero-order chi connectivity index (χ0) is 15.4. The molecule has 1 N–H and O–H groups in total. The molecule has 2 aliphatic heterocycles. The zero-order valence-corrected chi connectivity index (χ0v) is 14.9. The first-order valence-corrected chi connectivity index (χ1v) is 8.78. The molecule has 0 aliphatic carbocycles. The molecule has 4 heteroatoms. The van der Waals surface area contributed by atoms with Crippen molar-refractivity contribution >= 4 is 18.3 Å². The molecule has 2 aliphatic rings. The Morgan fingerprint density at radius 1 is 1.13 bits per heavy atom. The Morgan fingerprint density at radius 3 is 2.30 bits per heavy atom. The van der Waals surface area contributed by atoms with Gasteiger partial charge in [0.1, 0.15) is 0 Å². The van der Waals surface area contributed by atoms with Crippen LogP contribution in [0.2, 0.25) is 0 Å². The van der Waals surface area contributed by atoms with Crippen LogP contribution < -0.4 is 5.32 Å². The monoisotopic (exact) mass is 336 g/mol. The lowest BCUT2D eigenvalue weighted by molar-refractivity contribution is -0.135. The molecule has 1 unspecified atom stereocenters. The number of amides is 1. The number of halogens is 1. The van der Waals surface area contributed by atoms with E-state index < -0.39 is 0 Å². The molecular formula is C19H29ClN2O. The maximum absolute atomic E-state index is 12.9. The van der Waals surface area contributed by atoms with Crippen LogP contribution in [0.4, 0.5) is 0 Å². The predicted octanol–water partition coefficient (Wildman–Crippen LogP) is 3.59. The predicted molar refractivity (Wildman–Crippen MR) is 97.1 cm³/mol. The lowest BCUT2D eigenvalue weighted by atomic mass is 9.71. The molecule has 2 fully saturated rings. The van der Waals surface area contributed by atoms with Crippen molar-refractivity contribution in [3.63, 3.8) is 0 Å². The third kappa shape index (κ3) is 4.07. The van der Waals surface area contributed by atoms with E-state index in [1.54, 1.807) is 0 Å². The van der Waals surface area contributed by atoms with Gasteiger partial charge < -0.3 is 10.2 Å². The highest BCUT2D eigenvalue weighted by Gasteiger charge is 2.37. The smallest absolute Gasteiger partial charge is 0.230 e. The molecule has 1 amide bonds. The van der Waals surface area contributed by atoms with Gasteiger partial charge in [0.2, 0.25) is 5.91 Å². The number of carbonyl (C=O) groups is 1. The normalized spacial score (nSPS) is 21.5. The Bertz CT molecular complexity index is 489. The second-order valence-corrected chi connectivity index (χ2v) is 6.95. The summed E-state index contributed by atoms with van der Waals surface area (Å²) >= 11 is 0. The van der Waals surface area contributed by atoms with Gasteiger partial charge in [-0.25, -0.2) is 0 Å². The number of hydrogen-bond donors (Lipinski definition) is 1. The quantitative estimate of drug-likeness (QED) is 0.914. The van der Waals surface area contributed by atoms with Crippen molar-refractivity contribution in [3.8, 4) is 0 Å². The Labute approximate surface area is 146 Å². The lowest BCUT2D eigenvalue weighted by Crippen LogP contribution is -2.48. The first-order valence-electron chi connectivity index (χ1n) is 8.78. The van der Waals surface area contributed by atoms with Gasteiger partial charge in [-0.2, -0.15) is 0 Å². The summed E-state index contributed by atoms with van der Waals surface area (Å²) in [5.41, 5.74) is 1.67. The number of benzene rings is 1. The molecule has 0 saturated carbocycles. The molecule has 1 atom stereocenters. The third-order valence-electron chi connectivity index (χ3n) is 5.71. The number of hydrogen-bond acceptors (Lipinski definition) is 2. The van der Waals surface area contributed by atoms with Crippen molar-refractivity contribution in [2.75, 3.05) is 26.2 Å². The summed E-state index contributed by atoms with van der Waals surface area (Å²) < 4.78 is 0. The minimum Gasteiger partial charge on any atom is -0.342 e. The zero-order valence-electron chi connectivity index (χ0n) is 14.1. The SMILES string of the molecule is CCC(C(=O)N1CCC2(CCNCC2)CC1)c1ccccc1.Cl. The fourth-order valence-electron chi connectivity index (χ4n) is 4.12. The minimum atomic E-state index is 0. The molecule has 1 aromatic rings. The van der Waals surface area contributed by atoms with Crippen LogP contribution in [-0.2, 0) is 4.79 Å². The van der Waals surface area contributed by atoms with E-state index in [1.807, 2.05) is 18.2 Å². The minimum absolute atomic E-state index is 0. The van der Waals surface area contributed by atoms with Gasteiger partial charge in [-0.3, -0.25) is 4.79 Å². The molecule has 3 nitrogen and oxygen atoms in total. The fraction of sp³-hybridized carbons (Fsp3) is 0.632. The van der Waals surface area contributed by atoms with Crippen molar-refractivity contribution in [3.05, 3.63) is 35.9 Å². The summed E-state index contributed by atoms with van der Waals surface area (Å²) in [6.07, 6.45) is 5.82. The molecule has 23 heavy (non-hydrogen) atoms. The topological polar surface area (TPSA) is 32.3 Å². The molecule has 0 radical (unpaired) electrons. The van der Waals surface area contributed by atoms with Crippen LogP contribution in [0.1, 0.15) is 50.5 Å². The van der Waals surface area contributed by atoms with E-state index in [9.17, 15) is 4.79 Å². The number of carbonyl (C=O) groups excluding carboxylic acids is 1. The second-order valence-electron chi connectivity index (χ2n) is 6.95. The Kier molecular flexibility index (Phi) is 6.49.